The predicted molar refractivity (Wildman–Crippen MR) is 117 cm³/mol. The van der Waals surface area contributed by atoms with Crippen molar-refractivity contribution in [1.29, 1.82) is 0 Å². The number of thiocarbonyl (C=S) groups is 1. The average Bonchev–Trinajstić information content (AvgIpc) is 2.67. The fourth-order valence-electron chi connectivity index (χ4n) is 2.17. The maximum atomic E-state index is 13.0. The van der Waals surface area contributed by atoms with E-state index in [4.69, 9.17) is 52.8 Å². The molecule has 2 aromatic carbocycles. The number of nitrogens with two attached hydrogens (primary N) is 1. The van der Waals surface area contributed by atoms with Crippen molar-refractivity contribution in [2.24, 2.45) is 5.73 Å². The highest BCUT2D eigenvalue weighted by Crippen LogP contribution is 2.29. The zero-order valence-electron chi connectivity index (χ0n) is 14.7. The van der Waals surface area contributed by atoms with Gasteiger partial charge in [0.2, 0.25) is 3.79 Å². The van der Waals surface area contributed by atoms with Crippen LogP contribution in [-0.4, -0.2) is 33.3 Å². The number of ketones is 1. The fraction of sp³-hybridized carbons (Fsp3) is 0.167. The highest BCUT2D eigenvalue weighted by atomic mass is 35.6. The number of hydrogen-bond donors (Lipinski definition) is 4. The van der Waals surface area contributed by atoms with Gasteiger partial charge < -0.3 is 21.7 Å². The number of Topliss-reactive ketones (excluding diaryl/α,β-unsaturated/α-hetero) is 1. The van der Waals surface area contributed by atoms with E-state index in [1.165, 1.54) is 12.1 Å². The molecule has 154 valence electrons. The van der Waals surface area contributed by atoms with Crippen LogP contribution in [0.25, 0.3) is 0 Å². The molecular weight excluding hydrogens is 462 g/mol. The second-order valence-electron chi connectivity index (χ2n) is 5.76. The van der Waals surface area contributed by atoms with Crippen LogP contribution in [0.3, 0.4) is 0 Å². The molecule has 11 heteroatoms. The summed E-state index contributed by atoms with van der Waals surface area (Å²) in [4.78, 5) is 23.9. The molecule has 1 atom stereocenters. The van der Waals surface area contributed by atoms with Gasteiger partial charge in [0, 0.05) is 16.8 Å². The molecule has 0 aliphatic carbocycles. The first kappa shape index (κ1) is 23.3. The molecule has 0 bridgehead atoms. The Labute approximate surface area is 186 Å². The van der Waals surface area contributed by atoms with Gasteiger partial charge in [-0.25, -0.2) is 4.39 Å². The number of hydrogen-bond acceptors (Lipinski definition) is 4. The molecule has 2 rings (SSSR count). The van der Waals surface area contributed by atoms with E-state index >= 15 is 0 Å². The topological polar surface area (TPSA) is 96.2 Å². The normalized spacial score (nSPS) is 12.0. The first-order valence-corrected chi connectivity index (χ1v) is 9.68. The Kier molecular flexibility index (Phi) is 8.18. The van der Waals surface area contributed by atoms with Crippen LogP contribution in [0.2, 0.25) is 0 Å². The Morgan fingerprint density at radius 2 is 1.55 bits per heavy atom. The van der Waals surface area contributed by atoms with Gasteiger partial charge in [0.25, 0.3) is 5.91 Å². The van der Waals surface area contributed by atoms with Crippen LogP contribution in [0.5, 0.6) is 0 Å². The van der Waals surface area contributed by atoms with E-state index in [0.717, 1.165) is 12.1 Å². The van der Waals surface area contributed by atoms with Crippen LogP contribution in [-0.2, 0) is 0 Å². The molecule has 0 aliphatic rings. The van der Waals surface area contributed by atoms with Crippen LogP contribution in [0.1, 0.15) is 20.7 Å². The Bertz CT molecular complexity index is 889. The van der Waals surface area contributed by atoms with Crippen molar-refractivity contribution in [2.75, 3.05) is 11.9 Å². The Morgan fingerprint density at radius 3 is 2.07 bits per heavy atom. The summed E-state index contributed by atoms with van der Waals surface area (Å²) in [5.41, 5.74) is 6.51. The number of benzene rings is 2. The molecule has 0 radical (unpaired) electrons. The van der Waals surface area contributed by atoms with Gasteiger partial charge in [0.1, 0.15) is 12.0 Å². The van der Waals surface area contributed by atoms with Crippen LogP contribution >= 0.6 is 47.0 Å². The summed E-state index contributed by atoms with van der Waals surface area (Å²) in [5, 5.41) is 8.09. The zero-order valence-corrected chi connectivity index (χ0v) is 17.8. The number of anilines is 1. The molecule has 0 heterocycles. The lowest BCUT2D eigenvalue weighted by Gasteiger charge is -2.27. The Hall–Kier alpha value is -1.97. The minimum Gasteiger partial charge on any atom is -0.339 e. The number of alkyl halides is 3. The third kappa shape index (κ3) is 7.09. The SMILES string of the molecule is NCC(=O)c1ccc(NC(=S)NC(NC(=O)c2ccc(F)cc2)C(Cl)(Cl)Cl)cc1. The Balaban J connectivity index is 2.04. The van der Waals surface area contributed by atoms with E-state index in [-0.39, 0.29) is 23.0 Å². The standard InChI is InChI=1S/C18H16Cl3FN4O2S/c19-18(20,21)16(25-15(28)11-1-5-12(22)6-2-11)26-17(29)24-13-7-3-10(4-8-13)14(27)9-23/h1-8,16H,9,23H2,(H,25,28)(H2,24,26,29). The van der Waals surface area contributed by atoms with E-state index in [0.29, 0.717) is 11.3 Å². The van der Waals surface area contributed by atoms with Crippen LogP contribution in [0.4, 0.5) is 10.1 Å². The molecule has 0 fully saturated rings. The smallest absolute Gasteiger partial charge is 0.252 e. The molecule has 6 nitrogen and oxygen atoms in total. The summed E-state index contributed by atoms with van der Waals surface area (Å²) >= 11 is 23.0. The number of carbonyl (C=O) groups is 2. The molecular formula is C18H16Cl3FN4O2S. The van der Waals surface area contributed by atoms with Crippen LogP contribution in [0, 0.1) is 5.82 Å². The minimum atomic E-state index is -1.95. The average molecular weight is 478 g/mol. The van der Waals surface area contributed by atoms with E-state index < -0.39 is 21.7 Å². The predicted octanol–water partition coefficient (Wildman–Crippen LogP) is 3.38. The third-order valence-electron chi connectivity index (χ3n) is 3.63. The van der Waals surface area contributed by atoms with E-state index in [2.05, 4.69) is 16.0 Å². The van der Waals surface area contributed by atoms with Gasteiger partial charge in [-0.15, -0.1) is 0 Å². The fourth-order valence-corrected chi connectivity index (χ4v) is 2.73. The van der Waals surface area contributed by atoms with Crippen molar-refractivity contribution >= 4 is 69.5 Å². The number of amides is 1. The molecule has 1 amide bonds. The van der Waals surface area contributed by atoms with Crippen LogP contribution < -0.4 is 21.7 Å². The highest BCUT2D eigenvalue weighted by Gasteiger charge is 2.34. The summed E-state index contributed by atoms with van der Waals surface area (Å²) in [6.45, 7) is -0.0918. The van der Waals surface area contributed by atoms with Crippen molar-refractivity contribution in [3.8, 4) is 0 Å². The first-order chi connectivity index (χ1) is 13.6. The zero-order chi connectivity index (χ0) is 21.6. The van der Waals surface area contributed by atoms with Crippen LogP contribution in [0.15, 0.2) is 48.5 Å². The van der Waals surface area contributed by atoms with Gasteiger partial charge in [-0.05, 0) is 60.7 Å². The molecule has 2 aromatic rings. The lowest BCUT2D eigenvalue weighted by molar-refractivity contribution is 0.0933. The first-order valence-electron chi connectivity index (χ1n) is 8.14. The highest BCUT2D eigenvalue weighted by molar-refractivity contribution is 7.80. The Morgan fingerprint density at radius 1 is 1.00 bits per heavy atom. The summed E-state index contributed by atoms with van der Waals surface area (Å²) in [7, 11) is 0. The molecule has 0 aromatic heterocycles. The van der Waals surface area contributed by atoms with E-state index in [1.807, 2.05) is 0 Å². The molecule has 0 spiro atoms. The lowest BCUT2D eigenvalue weighted by atomic mass is 10.1. The summed E-state index contributed by atoms with van der Waals surface area (Å²) < 4.78 is 11.1. The summed E-state index contributed by atoms with van der Waals surface area (Å²) in [6, 6.07) is 11.3. The minimum absolute atomic E-state index is 0.0543. The second kappa shape index (κ2) is 10.2. The quantitative estimate of drug-likeness (QED) is 0.220. The number of rotatable bonds is 6. The van der Waals surface area contributed by atoms with E-state index in [1.54, 1.807) is 24.3 Å². The lowest BCUT2D eigenvalue weighted by Crippen LogP contribution is -2.56. The summed E-state index contributed by atoms with van der Waals surface area (Å²) in [5.74, 6) is -1.28. The van der Waals surface area contributed by atoms with E-state index in [9.17, 15) is 14.0 Å². The van der Waals surface area contributed by atoms with Crippen molar-refractivity contribution < 1.29 is 14.0 Å². The number of carbonyl (C=O) groups excluding carboxylic acids is 2. The molecule has 0 aliphatic heterocycles. The summed E-state index contributed by atoms with van der Waals surface area (Å²) in [6.07, 6.45) is -1.19. The molecule has 29 heavy (non-hydrogen) atoms. The van der Waals surface area contributed by atoms with Gasteiger partial charge >= 0.3 is 0 Å². The molecule has 0 saturated carbocycles. The van der Waals surface area contributed by atoms with Gasteiger partial charge in [0.15, 0.2) is 10.9 Å². The van der Waals surface area contributed by atoms with Gasteiger partial charge in [-0.1, -0.05) is 34.8 Å². The monoisotopic (exact) mass is 476 g/mol. The van der Waals surface area contributed by atoms with Gasteiger partial charge in [0.05, 0.1) is 6.54 Å². The largest absolute Gasteiger partial charge is 0.339 e. The van der Waals surface area contributed by atoms with Gasteiger partial charge in [-0.2, -0.15) is 0 Å². The van der Waals surface area contributed by atoms with Crippen molar-refractivity contribution in [1.82, 2.24) is 10.6 Å². The number of nitrogens with one attached hydrogen (secondary N) is 3. The molecule has 1 unspecified atom stereocenters. The number of halogens is 4. The third-order valence-corrected chi connectivity index (χ3v) is 4.51. The maximum Gasteiger partial charge on any atom is 0.252 e. The second-order valence-corrected chi connectivity index (χ2v) is 8.54. The maximum absolute atomic E-state index is 13.0. The molecule has 5 N–H and O–H groups in total. The van der Waals surface area contributed by atoms with Crippen molar-refractivity contribution in [2.45, 2.75) is 9.96 Å². The van der Waals surface area contributed by atoms with Gasteiger partial charge in [-0.3, -0.25) is 9.59 Å². The molecule has 0 saturated heterocycles. The van der Waals surface area contributed by atoms with Crippen molar-refractivity contribution in [3.63, 3.8) is 0 Å². The van der Waals surface area contributed by atoms with Crippen molar-refractivity contribution in [3.05, 3.63) is 65.5 Å².